The monoisotopic (exact) mass is 401 g/mol. The number of rotatable bonds is 5. The van der Waals surface area contributed by atoms with Crippen molar-refractivity contribution in [1.29, 1.82) is 0 Å². The Morgan fingerprint density at radius 2 is 2.15 bits per heavy atom. The van der Waals surface area contributed by atoms with Gasteiger partial charge in [-0.2, -0.15) is 5.10 Å². The second-order valence-electron chi connectivity index (χ2n) is 6.86. The van der Waals surface area contributed by atoms with E-state index >= 15 is 0 Å². The SMILES string of the molecule is CCC(C)n1ncc2c(C(=O)N3CCC(CNC)C3)cc(C)nc21.Cl.Cl. The Bertz CT molecular complexity index is 749. The van der Waals surface area contributed by atoms with Crippen LogP contribution in [0.15, 0.2) is 12.3 Å². The molecule has 1 N–H and O–H groups in total. The van der Waals surface area contributed by atoms with Crippen molar-refractivity contribution in [2.24, 2.45) is 5.92 Å². The Kier molecular flexibility index (Phi) is 8.31. The van der Waals surface area contributed by atoms with Crippen molar-refractivity contribution in [2.75, 3.05) is 26.7 Å². The first-order chi connectivity index (χ1) is 11.5. The van der Waals surface area contributed by atoms with Gasteiger partial charge in [0.05, 0.1) is 23.2 Å². The number of hydrogen-bond acceptors (Lipinski definition) is 4. The van der Waals surface area contributed by atoms with Crippen LogP contribution in [-0.2, 0) is 0 Å². The van der Waals surface area contributed by atoms with Crippen LogP contribution >= 0.6 is 24.8 Å². The van der Waals surface area contributed by atoms with Crippen molar-refractivity contribution in [1.82, 2.24) is 25.0 Å². The van der Waals surface area contributed by atoms with E-state index in [-0.39, 0.29) is 36.8 Å². The van der Waals surface area contributed by atoms with Gasteiger partial charge in [0.1, 0.15) is 0 Å². The molecule has 3 rings (SSSR count). The number of aryl methyl sites for hydroxylation is 1. The van der Waals surface area contributed by atoms with E-state index in [0.717, 1.165) is 54.8 Å². The largest absolute Gasteiger partial charge is 0.338 e. The molecule has 2 unspecified atom stereocenters. The maximum atomic E-state index is 13.1. The molecule has 1 amide bonds. The summed E-state index contributed by atoms with van der Waals surface area (Å²) in [6.45, 7) is 8.81. The molecule has 1 saturated heterocycles. The van der Waals surface area contributed by atoms with Gasteiger partial charge in [-0.15, -0.1) is 24.8 Å². The Morgan fingerprint density at radius 3 is 2.81 bits per heavy atom. The molecule has 2 atom stereocenters. The Morgan fingerprint density at radius 1 is 1.42 bits per heavy atom. The van der Waals surface area contributed by atoms with Crippen LogP contribution in [0.5, 0.6) is 0 Å². The van der Waals surface area contributed by atoms with Gasteiger partial charge in [0.15, 0.2) is 5.65 Å². The van der Waals surface area contributed by atoms with E-state index in [0.29, 0.717) is 5.92 Å². The fourth-order valence-corrected chi connectivity index (χ4v) is 3.46. The highest BCUT2D eigenvalue weighted by molar-refractivity contribution is 6.05. The molecule has 0 bridgehead atoms. The molecule has 2 aromatic heterocycles. The van der Waals surface area contributed by atoms with Crippen molar-refractivity contribution in [3.63, 3.8) is 0 Å². The molecule has 146 valence electrons. The van der Waals surface area contributed by atoms with E-state index in [1.165, 1.54) is 0 Å². The summed E-state index contributed by atoms with van der Waals surface area (Å²) < 4.78 is 1.94. The molecule has 1 aliphatic heterocycles. The van der Waals surface area contributed by atoms with Crippen LogP contribution in [0.25, 0.3) is 11.0 Å². The van der Waals surface area contributed by atoms with Gasteiger partial charge in [-0.3, -0.25) is 4.79 Å². The van der Waals surface area contributed by atoms with Crippen LogP contribution < -0.4 is 5.32 Å². The molecule has 0 aliphatic carbocycles. The minimum Gasteiger partial charge on any atom is -0.338 e. The summed E-state index contributed by atoms with van der Waals surface area (Å²) in [5.41, 5.74) is 2.41. The Labute approximate surface area is 167 Å². The second kappa shape index (κ2) is 9.53. The maximum Gasteiger partial charge on any atom is 0.254 e. The molecule has 3 heterocycles. The summed E-state index contributed by atoms with van der Waals surface area (Å²) in [4.78, 5) is 19.7. The van der Waals surface area contributed by atoms with Crippen LogP contribution in [0, 0.1) is 12.8 Å². The molecule has 0 spiro atoms. The molecular formula is C18H29Cl2N5O. The third-order valence-corrected chi connectivity index (χ3v) is 5.00. The molecule has 6 nitrogen and oxygen atoms in total. The molecule has 1 aliphatic rings. The first-order valence-electron chi connectivity index (χ1n) is 8.83. The quantitative estimate of drug-likeness (QED) is 0.834. The molecule has 0 aromatic carbocycles. The number of nitrogens with one attached hydrogen (secondary N) is 1. The molecule has 1 fully saturated rings. The number of hydrogen-bond donors (Lipinski definition) is 1. The summed E-state index contributed by atoms with van der Waals surface area (Å²) in [5.74, 6) is 0.646. The highest BCUT2D eigenvalue weighted by Crippen LogP contribution is 2.25. The van der Waals surface area contributed by atoms with Gasteiger partial charge in [-0.05, 0) is 52.3 Å². The van der Waals surface area contributed by atoms with Gasteiger partial charge in [0.2, 0.25) is 0 Å². The summed E-state index contributed by atoms with van der Waals surface area (Å²) >= 11 is 0. The normalized spacial score (nSPS) is 17.7. The predicted molar refractivity (Wildman–Crippen MR) is 110 cm³/mol. The number of aromatic nitrogens is 3. The topological polar surface area (TPSA) is 63.1 Å². The Balaban J connectivity index is 0.00000169. The van der Waals surface area contributed by atoms with Gasteiger partial charge in [-0.25, -0.2) is 9.67 Å². The molecule has 2 aromatic rings. The third-order valence-electron chi connectivity index (χ3n) is 5.00. The first-order valence-corrected chi connectivity index (χ1v) is 8.83. The fraction of sp³-hybridized carbons (Fsp3) is 0.611. The van der Waals surface area contributed by atoms with E-state index in [2.05, 4.69) is 29.2 Å². The van der Waals surface area contributed by atoms with Gasteiger partial charge in [0.25, 0.3) is 5.91 Å². The standard InChI is InChI=1S/C18H27N5O.2ClH/c1-5-13(3)23-17-16(10-20-23)15(8-12(2)21-17)18(24)22-7-6-14(11-22)9-19-4;;/h8,10,13-14,19H,5-7,9,11H2,1-4H3;2*1H. The minimum absolute atomic E-state index is 0. The zero-order valence-electron chi connectivity index (χ0n) is 15.9. The summed E-state index contributed by atoms with van der Waals surface area (Å²) in [6, 6.07) is 2.17. The minimum atomic E-state index is 0. The van der Waals surface area contributed by atoms with Gasteiger partial charge in [-0.1, -0.05) is 6.92 Å². The lowest BCUT2D eigenvalue weighted by Crippen LogP contribution is -2.30. The highest BCUT2D eigenvalue weighted by Gasteiger charge is 2.28. The smallest absolute Gasteiger partial charge is 0.254 e. The average Bonchev–Trinajstić information content (AvgIpc) is 3.20. The lowest BCUT2D eigenvalue weighted by molar-refractivity contribution is 0.0789. The molecule has 0 radical (unpaired) electrons. The zero-order chi connectivity index (χ0) is 17.3. The fourth-order valence-electron chi connectivity index (χ4n) is 3.46. The number of fused-ring (bicyclic) bond motifs is 1. The van der Waals surface area contributed by atoms with Gasteiger partial charge in [0, 0.05) is 18.8 Å². The van der Waals surface area contributed by atoms with E-state index in [1.54, 1.807) is 6.20 Å². The number of carbonyl (C=O) groups excluding carboxylic acids is 1. The molecule has 0 saturated carbocycles. The summed E-state index contributed by atoms with van der Waals surface area (Å²) in [6.07, 6.45) is 3.84. The third kappa shape index (κ3) is 4.30. The highest BCUT2D eigenvalue weighted by atomic mass is 35.5. The second-order valence-corrected chi connectivity index (χ2v) is 6.86. The first kappa shape index (κ1) is 22.7. The van der Waals surface area contributed by atoms with E-state index in [1.807, 2.05) is 29.6 Å². The van der Waals surface area contributed by atoms with E-state index < -0.39 is 0 Å². The summed E-state index contributed by atoms with van der Waals surface area (Å²) in [5, 5.41) is 8.57. The number of likely N-dealkylation sites (tertiary alicyclic amines) is 1. The van der Waals surface area contributed by atoms with Crippen molar-refractivity contribution in [2.45, 2.75) is 39.7 Å². The lowest BCUT2D eigenvalue weighted by Gasteiger charge is -2.18. The van der Waals surface area contributed by atoms with Crippen LogP contribution in [-0.4, -0.2) is 52.3 Å². The van der Waals surface area contributed by atoms with Crippen molar-refractivity contribution in [3.8, 4) is 0 Å². The van der Waals surface area contributed by atoms with Gasteiger partial charge >= 0.3 is 0 Å². The van der Waals surface area contributed by atoms with Crippen LogP contribution in [0.2, 0.25) is 0 Å². The summed E-state index contributed by atoms with van der Waals surface area (Å²) in [7, 11) is 1.96. The van der Waals surface area contributed by atoms with Crippen molar-refractivity contribution >= 4 is 41.8 Å². The number of carbonyl (C=O) groups is 1. The Hall–Kier alpha value is -1.37. The van der Waals surface area contributed by atoms with Crippen molar-refractivity contribution in [3.05, 3.63) is 23.5 Å². The molecule has 26 heavy (non-hydrogen) atoms. The van der Waals surface area contributed by atoms with Crippen LogP contribution in [0.1, 0.15) is 48.8 Å². The molecule has 8 heteroatoms. The van der Waals surface area contributed by atoms with E-state index in [9.17, 15) is 4.79 Å². The van der Waals surface area contributed by atoms with E-state index in [4.69, 9.17) is 0 Å². The number of halogens is 2. The van der Waals surface area contributed by atoms with Gasteiger partial charge < -0.3 is 10.2 Å². The lowest BCUT2D eigenvalue weighted by atomic mass is 10.1. The average molecular weight is 402 g/mol. The number of nitrogens with zero attached hydrogens (tertiary/aromatic N) is 4. The zero-order valence-corrected chi connectivity index (χ0v) is 17.5. The predicted octanol–water partition coefficient (Wildman–Crippen LogP) is 3.24. The van der Waals surface area contributed by atoms with Crippen LogP contribution in [0.4, 0.5) is 0 Å². The maximum absolute atomic E-state index is 13.1. The number of amides is 1. The molecular weight excluding hydrogens is 373 g/mol. The number of pyridine rings is 1. The van der Waals surface area contributed by atoms with Crippen molar-refractivity contribution < 1.29 is 4.79 Å². The van der Waals surface area contributed by atoms with Crippen LogP contribution in [0.3, 0.4) is 0 Å².